The lowest BCUT2D eigenvalue weighted by molar-refractivity contribution is -0.160. The molecule has 0 bridgehead atoms. The maximum atomic E-state index is 12.8. The van der Waals surface area contributed by atoms with Gasteiger partial charge in [0.15, 0.2) is 11.9 Å². The minimum atomic E-state index is -1.13. The van der Waals surface area contributed by atoms with Crippen molar-refractivity contribution in [1.82, 2.24) is 15.0 Å². The molecule has 0 amide bonds. The zero-order valence-electron chi connectivity index (χ0n) is 26.8. The second kappa shape index (κ2) is 11.8. The topological polar surface area (TPSA) is 101 Å². The second-order valence-electron chi connectivity index (χ2n) is 13.6. The van der Waals surface area contributed by atoms with Gasteiger partial charge in [-0.15, -0.1) is 0 Å². The smallest absolute Gasteiger partial charge is 0.337 e. The maximum Gasteiger partial charge on any atom is 0.337 e. The van der Waals surface area contributed by atoms with Crippen molar-refractivity contribution in [2.24, 2.45) is 5.41 Å². The largest absolute Gasteiger partial charge is 0.494 e. The molecule has 1 N–H and O–H groups in total. The zero-order valence-corrected chi connectivity index (χ0v) is 26.8. The van der Waals surface area contributed by atoms with Crippen LogP contribution in [0.1, 0.15) is 81.6 Å². The Morgan fingerprint density at radius 3 is 2.28 bits per heavy atom. The van der Waals surface area contributed by atoms with E-state index in [-0.39, 0.29) is 5.41 Å². The number of aromatic nitrogens is 3. The molecule has 3 aromatic rings. The predicted molar refractivity (Wildman–Crippen MR) is 169 cm³/mol. The number of carboxylic acid groups (broad SMARTS) is 1. The Balaban J connectivity index is 1.59. The predicted octanol–water partition coefficient (Wildman–Crippen LogP) is 6.29. The molecule has 1 unspecified atom stereocenters. The van der Waals surface area contributed by atoms with Gasteiger partial charge < -0.3 is 24.4 Å². The van der Waals surface area contributed by atoms with E-state index in [0.717, 1.165) is 61.4 Å². The van der Waals surface area contributed by atoms with Gasteiger partial charge in [0.25, 0.3) is 0 Å². The molecule has 1 atom stereocenters. The highest BCUT2D eigenvalue weighted by Crippen LogP contribution is 2.45. The highest BCUT2D eigenvalue weighted by atomic mass is 16.5. The normalized spacial score (nSPS) is 17.4. The fourth-order valence-electron chi connectivity index (χ4n) is 6.21. The molecule has 1 fully saturated rings. The van der Waals surface area contributed by atoms with Crippen LogP contribution in [0.3, 0.4) is 0 Å². The van der Waals surface area contributed by atoms with Crippen molar-refractivity contribution in [3.63, 3.8) is 0 Å². The third-order valence-electron chi connectivity index (χ3n) is 8.61. The van der Waals surface area contributed by atoms with E-state index in [1.165, 1.54) is 11.1 Å². The quantitative estimate of drug-likeness (QED) is 0.342. The van der Waals surface area contributed by atoms with E-state index in [9.17, 15) is 9.90 Å². The molecule has 0 spiro atoms. The zero-order chi connectivity index (χ0) is 31.1. The van der Waals surface area contributed by atoms with Gasteiger partial charge in [-0.05, 0) is 76.0 Å². The van der Waals surface area contributed by atoms with Crippen LogP contribution in [0.5, 0.6) is 5.75 Å². The molecule has 230 valence electrons. The number of aliphatic carboxylic acids is 1. The third kappa shape index (κ3) is 6.61. The number of anilines is 2. The second-order valence-corrected chi connectivity index (χ2v) is 13.6. The number of pyridine rings is 1. The summed E-state index contributed by atoms with van der Waals surface area (Å²) in [6.07, 6.45) is 5.16. The van der Waals surface area contributed by atoms with Crippen LogP contribution >= 0.6 is 0 Å². The number of aryl methyl sites for hydroxylation is 2. The molecule has 4 heterocycles. The first-order valence-electron chi connectivity index (χ1n) is 15.2. The van der Waals surface area contributed by atoms with E-state index in [1.54, 1.807) is 19.5 Å². The Hall–Kier alpha value is -3.72. The maximum absolute atomic E-state index is 12.8. The van der Waals surface area contributed by atoms with Crippen molar-refractivity contribution < 1.29 is 19.4 Å². The van der Waals surface area contributed by atoms with Gasteiger partial charge in [-0.1, -0.05) is 32.0 Å². The van der Waals surface area contributed by atoms with Crippen LogP contribution in [0.25, 0.3) is 11.1 Å². The fraction of sp³-hybridized carbons (Fsp3) is 0.529. The molecule has 9 heteroatoms. The van der Waals surface area contributed by atoms with Gasteiger partial charge in [0.2, 0.25) is 5.95 Å². The lowest BCUT2D eigenvalue weighted by Crippen LogP contribution is -2.39. The number of benzene rings is 1. The van der Waals surface area contributed by atoms with E-state index >= 15 is 0 Å². The summed E-state index contributed by atoms with van der Waals surface area (Å²) in [6, 6.07) is 6.60. The number of rotatable bonds is 7. The van der Waals surface area contributed by atoms with Crippen molar-refractivity contribution in [3.8, 4) is 16.9 Å². The van der Waals surface area contributed by atoms with Crippen molar-refractivity contribution in [2.45, 2.75) is 86.0 Å². The first kappa shape index (κ1) is 30.7. The summed E-state index contributed by atoms with van der Waals surface area (Å²) in [5.41, 5.74) is 7.34. The SMILES string of the molecule is COc1cnc(N2CCc3cc(-c4c(C)nc(C)c(C(OC(C)(C)C)C(=O)O)c4N4CCC(C)(C)CC4)ccc3C2)nc1. The first-order valence-corrected chi connectivity index (χ1v) is 15.2. The summed E-state index contributed by atoms with van der Waals surface area (Å²) < 4.78 is 11.5. The molecule has 0 saturated carbocycles. The Morgan fingerprint density at radius 2 is 1.67 bits per heavy atom. The highest BCUT2D eigenvalue weighted by Gasteiger charge is 2.36. The highest BCUT2D eigenvalue weighted by molar-refractivity contribution is 5.88. The van der Waals surface area contributed by atoms with Crippen molar-refractivity contribution in [3.05, 3.63) is 58.7 Å². The number of fused-ring (bicyclic) bond motifs is 1. The number of hydrogen-bond acceptors (Lipinski definition) is 8. The number of piperidine rings is 1. The van der Waals surface area contributed by atoms with Gasteiger partial charge in [-0.25, -0.2) is 14.8 Å². The molecule has 1 saturated heterocycles. The van der Waals surface area contributed by atoms with Crippen LogP contribution in [0, 0.1) is 19.3 Å². The molecule has 2 aliphatic rings. The Kier molecular flexibility index (Phi) is 8.40. The fourth-order valence-corrected chi connectivity index (χ4v) is 6.21. The summed E-state index contributed by atoms with van der Waals surface area (Å²) in [4.78, 5) is 31.3. The van der Waals surface area contributed by atoms with Crippen molar-refractivity contribution in [1.29, 1.82) is 0 Å². The van der Waals surface area contributed by atoms with Crippen LogP contribution in [0.15, 0.2) is 30.6 Å². The molecule has 2 aromatic heterocycles. The molecule has 0 radical (unpaired) electrons. The molecule has 0 aliphatic carbocycles. The molecule has 1 aromatic carbocycles. The van der Waals surface area contributed by atoms with Gasteiger partial charge in [0.05, 0.1) is 30.8 Å². The van der Waals surface area contributed by atoms with E-state index in [1.807, 2.05) is 34.6 Å². The number of carbonyl (C=O) groups is 1. The van der Waals surface area contributed by atoms with E-state index in [0.29, 0.717) is 29.5 Å². The van der Waals surface area contributed by atoms with Gasteiger partial charge in [0, 0.05) is 48.7 Å². The molecule has 9 nitrogen and oxygen atoms in total. The van der Waals surface area contributed by atoms with Crippen LogP contribution in [-0.2, 0) is 22.5 Å². The van der Waals surface area contributed by atoms with E-state index < -0.39 is 17.7 Å². The number of hydrogen-bond donors (Lipinski definition) is 1. The average Bonchev–Trinajstić information content (AvgIpc) is 2.95. The standard InChI is InChI=1S/C34H45N5O4/c1-21-27(24-9-10-25-20-39(14-11-23(25)17-24)32-35-18-26(42-8)19-36-32)29(38-15-12-34(6,7)13-16-38)28(22(2)37-21)30(31(40)41)43-33(3,4)5/h9-10,17-19,30H,11-16,20H2,1-8H3,(H,40,41). The Labute approximate surface area is 255 Å². The summed E-state index contributed by atoms with van der Waals surface area (Å²) in [6.45, 7) is 17.5. The Morgan fingerprint density at radius 1 is 1.00 bits per heavy atom. The van der Waals surface area contributed by atoms with E-state index in [4.69, 9.17) is 14.5 Å². The monoisotopic (exact) mass is 587 g/mol. The Bertz CT molecular complexity index is 1490. The number of carboxylic acids is 1. The average molecular weight is 588 g/mol. The number of nitrogens with zero attached hydrogens (tertiary/aromatic N) is 5. The summed E-state index contributed by atoms with van der Waals surface area (Å²) in [7, 11) is 1.61. The lowest BCUT2D eigenvalue weighted by atomic mass is 9.81. The minimum Gasteiger partial charge on any atom is -0.494 e. The van der Waals surface area contributed by atoms with Crippen LogP contribution in [0.2, 0.25) is 0 Å². The van der Waals surface area contributed by atoms with Crippen LogP contribution in [0.4, 0.5) is 11.6 Å². The van der Waals surface area contributed by atoms with Gasteiger partial charge in [-0.3, -0.25) is 4.98 Å². The van der Waals surface area contributed by atoms with Crippen LogP contribution in [-0.4, -0.2) is 58.4 Å². The van der Waals surface area contributed by atoms with Gasteiger partial charge in [-0.2, -0.15) is 0 Å². The molecular formula is C34H45N5O4. The number of ether oxygens (including phenoxy) is 2. The summed E-state index contributed by atoms with van der Waals surface area (Å²) in [5, 5.41) is 10.5. The summed E-state index contributed by atoms with van der Waals surface area (Å²) in [5.74, 6) is 0.325. The summed E-state index contributed by atoms with van der Waals surface area (Å²) >= 11 is 0. The number of methoxy groups -OCH3 is 1. The lowest BCUT2D eigenvalue weighted by Gasteiger charge is -2.41. The minimum absolute atomic E-state index is 0.243. The van der Waals surface area contributed by atoms with Gasteiger partial charge in [0.1, 0.15) is 0 Å². The third-order valence-corrected chi connectivity index (χ3v) is 8.61. The van der Waals surface area contributed by atoms with E-state index in [2.05, 4.69) is 51.8 Å². The molecule has 43 heavy (non-hydrogen) atoms. The van der Waals surface area contributed by atoms with Crippen molar-refractivity contribution >= 4 is 17.6 Å². The first-order chi connectivity index (χ1) is 20.3. The molecule has 5 rings (SSSR count). The van der Waals surface area contributed by atoms with Crippen molar-refractivity contribution in [2.75, 3.05) is 36.5 Å². The van der Waals surface area contributed by atoms with Crippen LogP contribution < -0.4 is 14.5 Å². The van der Waals surface area contributed by atoms with Gasteiger partial charge >= 0.3 is 5.97 Å². The molecule has 2 aliphatic heterocycles. The molecular weight excluding hydrogens is 542 g/mol.